The van der Waals surface area contributed by atoms with E-state index < -0.39 is 0 Å². The summed E-state index contributed by atoms with van der Waals surface area (Å²) < 4.78 is 5.24. The highest BCUT2D eigenvalue weighted by molar-refractivity contribution is 7.73. The molecule has 0 aliphatic rings. The van der Waals surface area contributed by atoms with Gasteiger partial charge in [-0.1, -0.05) is 13.3 Å². The van der Waals surface area contributed by atoms with Gasteiger partial charge in [0.1, 0.15) is 24.4 Å². The summed E-state index contributed by atoms with van der Waals surface area (Å²) in [4.78, 5) is 0. The number of hydrogen-bond donors (Lipinski definition) is 2. The van der Waals surface area contributed by atoms with Crippen molar-refractivity contribution in [1.82, 2.24) is 5.32 Å². The molecule has 0 aliphatic carbocycles. The van der Waals surface area contributed by atoms with Crippen molar-refractivity contribution in [3.8, 4) is 0 Å². The van der Waals surface area contributed by atoms with Crippen LogP contribution in [0.1, 0.15) is 46.5 Å². The van der Waals surface area contributed by atoms with Crippen molar-refractivity contribution in [2.75, 3.05) is 18.9 Å². The van der Waals surface area contributed by atoms with Crippen molar-refractivity contribution >= 4 is 12.0 Å². The molecule has 0 rings (SSSR count). The fourth-order valence-electron chi connectivity index (χ4n) is 1.59. The van der Waals surface area contributed by atoms with Gasteiger partial charge in [-0.2, -0.15) is 4.18 Å². The van der Waals surface area contributed by atoms with Crippen LogP contribution in [-0.4, -0.2) is 36.2 Å². The molecule has 0 bridgehead atoms. The summed E-state index contributed by atoms with van der Waals surface area (Å²) in [5.41, 5.74) is 0. The van der Waals surface area contributed by atoms with E-state index >= 15 is 0 Å². The zero-order valence-corrected chi connectivity index (χ0v) is 11.8. The smallest absolute Gasteiger partial charge is 0.140 e. The average Bonchev–Trinajstić information content (AvgIpc) is 2.23. The molecular weight excluding hydrogens is 222 g/mol. The number of aliphatic hydroxyl groups excluding tert-OH is 1. The Bertz CT molecular complexity index is 147. The van der Waals surface area contributed by atoms with Crippen LogP contribution in [0.2, 0.25) is 0 Å². The highest BCUT2D eigenvalue weighted by Crippen LogP contribution is 2.04. The third kappa shape index (κ3) is 10.7. The van der Waals surface area contributed by atoms with Gasteiger partial charge in [0.15, 0.2) is 0 Å². The van der Waals surface area contributed by atoms with Crippen LogP contribution in [0.15, 0.2) is 0 Å². The van der Waals surface area contributed by atoms with E-state index in [4.69, 9.17) is 4.18 Å². The summed E-state index contributed by atoms with van der Waals surface area (Å²) in [6, 6.07) is 0.408. The van der Waals surface area contributed by atoms with E-state index in [1.165, 1.54) is 0 Å². The highest BCUT2D eigenvalue weighted by Gasteiger charge is 2.08. The van der Waals surface area contributed by atoms with Gasteiger partial charge in [-0.25, -0.2) is 0 Å². The molecule has 1 unspecified atom stereocenters. The molecular formula is C12H28NO2S+. The van der Waals surface area contributed by atoms with E-state index in [0.717, 1.165) is 56.6 Å². The van der Waals surface area contributed by atoms with Gasteiger partial charge < -0.3 is 10.4 Å². The highest BCUT2D eigenvalue weighted by atomic mass is 32.2. The lowest BCUT2D eigenvalue weighted by molar-refractivity contribution is 0.141. The largest absolute Gasteiger partial charge is 0.393 e. The van der Waals surface area contributed by atoms with Crippen molar-refractivity contribution in [2.24, 2.45) is 0 Å². The minimum absolute atomic E-state index is 0.144. The Morgan fingerprint density at radius 2 is 2.12 bits per heavy atom. The third-order valence-electron chi connectivity index (χ3n) is 2.39. The van der Waals surface area contributed by atoms with Gasteiger partial charge in [-0.15, -0.1) is 0 Å². The van der Waals surface area contributed by atoms with Crippen LogP contribution in [0.3, 0.4) is 0 Å². The maximum absolute atomic E-state index is 9.63. The summed E-state index contributed by atoms with van der Waals surface area (Å²) in [6.07, 6.45) is 3.82. The molecule has 0 aromatic heterocycles. The fraction of sp³-hybridized carbons (Fsp3) is 1.00. The Kier molecular flexibility index (Phi) is 11.9. The van der Waals surface area contributed by atoms with Crippen LogP contribution < -0.4 is 5.32 Å². The predicted octanol–water partition coefficient (Wildman–Crippen LogP) is 1.67. The Labute approximate surface area is 105 Å². The molecule has 0 fully saturated rings. The van der Waals surface area contributed by atoms with Gasteiger partial charge in [-0.3, -0.25) is 0 Å². The lowest BCUT2D eigenvalue weighted by Crippen LogP contribution is -2.31. The minimum Gasteiger partial charge on any atom is -0.393 e. The first kappa shape index (κ1) is 16.2. The zero-order chi connectivity index (χ0) is 12.2. The summed E-state index contributed by atoms with van der Waals surface area (Å²) >= 11 is 1.09. The molecule has 4 heteroatoms. The van der Waals surface area contributed by atoms with E-state index in [-0.39, 0.29) is 6.10 Å². The molecule has 0 radical (unpaired) electrons. The molecule has 0 aromatic rings. The van der Waals surface area contributed by atoms with Crippen molar-refractivity contribution in [3.05, 3.63) is 0 Å². The van der Waals surface area contributed by atoms with Gasteiger partial charge >= 0.3 is 0 Å². The lowest BCUT2D eigenvalue weighted by atomic mass is 10.1. The standard InChI is InChI=1S/C12H27NO2S/c1-4-7-12(14)10-11(3)13-8-6-9-16-15-5-2/h11-14H,4-10H2,1-3H3/p+1/t11-,12?/m1/s1. The molecule has 0 saturated heterocycles. The minimum atomic E-state index is -0.144. The quantitative estimate of drug-likeness (QED) is 0.333. The maximum atomic E-state index is 9.63. The Balaban J connectivity index is 3.26. The summed E-state index contributed by atoms with van der Waals surface area (Å²) in [6.45, 7) is 8.07. The molecule has 0 amide bonds. The van der Waals surface area contributed by atoms with Crippen molar-refractivity contribution in [3.63, 3.8) is 0 Å². The number of aliphatic hydroxyl groups is 1. The van der Waals surface area contributed by atoms with E-state index in [9.17, 15) is 5.11 Å². The van der Waals surface area contributed by atoms with Crippen molar-refractivity contribution in [1.29, 1.82) is 0 Å². The van der Waals surface area contributed by atoms with Crippen LogP contribution in [0.4, 0.5) is 0 Å². The molecule has 3 nitrogen and oxygen atoms in total. The first-order valence-electron chi connectivity index (χ1n) is 6.40. The van der Waals surface area contributed by atoms with Gasteiger partial charge in [0.05, 0.1) is 6.10 Å². The first-order chi connectivity index (χ1) is 7.70. The second-order valence-corrected chi connectivity index (χ2v) is 5.12. The van der Waals surface area contributed by atoms with Crippen molar-refractivity contribution in [2.45, 2.75) is 58.6 Å². The first-order valence-corrected chi connectivity index (χ1v) is 7.40. The Morgan fingerprint density at radius 1 is 1.38 bits per heavy atom. The molecule has 0 saturated carbocycles. The topological polar surface area (TPSA) is 41.5 Å². The second kappa shape index (κ2) is 11.7. The fourth-order valence-corrected chi connectivity index (χ4v) is 2.19. The van der Waals surface area contributed by atoms with Gasteiger partial charge in [0.25, 0.3) is 0 Å². The SMILES string of the molecule is CCCC(O)C[C@@H](C)NCCC[SH+]OCC. The normalized spacial score (nSPS) is 15.0. The summed E-state index contributed by atoms with van der Waals surface area (Å²) in [5, 5.41) is 13.1. The molecule has 98 valence electrons. The van der Waals surface area contributed by atoms with Crippen LogP contribution in [0.5, 0.6) is 0 Å². The van der Waals surface area contributed by atoms with Crippen molar-refractivity contribution < 1.29 is 9.29 Å². The zero-order valence-electron chi connectivity index (χ0n) is 10.9. The van der Waals surface area contributed by atoms with Crippen LogP contribution in [0, 0.1) is 0 Å². The van der Waals surface area contributed by atoms with Crippen LogP contribution in [-0.2, 0) is 16.2 Å². The number of hydrogen-bond acceptors (Lipinski definition) is 3. The average molecular weight is 250 g/mol. The van der Waals surface area contributed by atoms with E-state index in [1.54, 1.807) is 0 Å². The summed E-state index contributed by atoms with van der Waals surface area (Å²) in [5.74, 6) is 1.09. The molecule has 2 atom stereocenters. The van der Waals surface area contributed by atoms with Crippen LogP contribution >= 0.6 is 0 Å². The van der Waals surface area contributed by atoms with Gasteiger partial charge in [-0.05, 0) is 33.2 Å². The molecule has 0 spiro atoms. The second-order valence-electron chi connectivity index (χ2n) is 4.16. The van der Waals surface area contributed by atoms with Crippen LogP contribution in [0.25, 0.3) is 0 Å². The molecule has 2 N–H and O–H groups in total. The number of rotatable bonds is 11. The van der Waals surface area contributed by atoms with Gasteiger partial charge in [0.2, 0.25) is 0 Å². The Morgan fingerprint density at radius 3 is 2.75 bits per heavy atom. The third-order valence-corrected chi connectivity index (χ3v) is 3.33. The van der Waals surface area contributed by atoms with Gasteiger partial charge in [0, 0.05) is 12.5 Å². The monoisotopic (exact) mass is 250 g/mol. The Hall–Kier alpha value is 0.230. The molecule has 0 heterocycles. The van der Waals surface area contributed by atoms with E-state index in [0.29, 0.717) is 6.04 Å². The maximum Gasteiger partial charge on any atom is 0.140 e. The van der Waals surface area contributed by atoms with E-state index in [2.05, 4.69) is 19.2 Å². The van der Waals surface area contributed by atoms with E-state index in [1.807, 2.05) is 6.92 Å². The molecule has 16 heavy (non-hydrogen) atoms. The predicted molar refractivity (Wildman–Crippen MR) is 72.9 cm³/mol. The molecule has 0 aliphatic heterocycles. The number of nitrogens with one attached hydrogen (secondary N) is 1. The summed E-state index contributed by atoms with van der Waals surface area (Å²) in [7, 11) is 0. The number of thiol groups is 1. The molecule has 0 aromatic carbocycles. The lowest BCUT2D eigenvalue weighted by Gasteiger charge is -2.16.